The van der Waals surface area contributed by atoms with E-state index in [-0.39, 0.29) is 5.56 Å². The molecule has 2 aliphatic heterocycles. The van der Waals surface area contributed by atoms with Crippen molar-refractivity contribution in [3.05, 3.63) is 23.3 Å². The number of aromatic nitrogens is 2. The molecule has 2 fully saturated rings. The van der Waals surface area contributed by atoms with Crippen molar-refractivity contribution < 1.29 is 9.90 Å². The van der Waals surface area contributed by atoms with E-state index in [0.29, 0.717) is 30.1 Å². The zero-order chi connectivity index (χ0) is 15.0. The number of carboxylic acid groups (broad SMARTS) is 1. The number of hydrogen-bond donors (Lipinski definition) is 1. The summed E-state index contributed by atoms with van der Waals surface area (Å²) in [6.07, 6.45) is 7.86. The minimum absolute atomic E-state index is 0.261. The van der Waals surface area contributed by atoms with Crippen molar-refractivity contribution in [1.82, 2.24) is 14.9 Å². The Balaban J connectivity index is 1.86. The maximum absolute atomic E-state index is 11.3. The first-order valence-corrected chi connectivity index (χ1v) is 7.91. The molecule has 2 bridgehead atoms. The molecular weight excluding hydrogens is 266 g/mol. The molecule has 0 aliphatic carbocycles. The summed E-state index contributed by atoms with van der Waals surface area (Å²) in [5.41, 5.74) is 0.956. The quantitative estimate of drug-likeness (QED) is 0.922. The van der Waals surface area contributed by atoms with Gasteiger partial charge in [0.25, 0.3) is 0 Å². The van der Waals surface area contributed by atoms with Gasteiger partial charge in [0.2, 0.25) is 0 Å². The Bertz CT molecular complexity index is 532. The van der Waals surface area contributed by atoms with Crippen LogP contribution >= 0.6 is 0 Å². The normalized spacial score (nSPS) is 28.8. The van der Waals surface area contributed by atoms with Crippen molar-refractivity contribution in [3.63, 3.8) is 0 Å². The summed E-state index contributed by atoms with van der Waals surface area (Å²) in [4.78, 5) is 22.7. The lowest BCUT2D eigenvalue weighted by Crippen LogP contribution is -2.39. The molecule has 2 saturated heterocycles. The van der Waals surface area contributed by atoms with Crippen LogP contribution in [0.2, 0.25) is 0 Å². The van der Waals surface area contributed by atoms with Crippen LogP contribution in [0.5, 0.6) is 0 Å². The highest BCUT2D eigenvalue weighted by Crippen LogP contribution is 2.41. The second-order valence-electron chi connectivity index (χ2n) is 6.36. The van der Waals surface area contributed by atoms with E-state index in [9.17, 15) is 9.90 Å². The number of nitrogens with zero attached hydrogens (tertiary/aromatic N) is 3. The minimum Gasteiger partial charge on any atom is -0.478 e. The van der Waals surface area contributed by atoms with Crippen LogP contribution in [-0.4, -0.2) is 45.1 Å². The fourth-order valence-electron chi connectivity index (χ4n) is 3.86. The summed E-state index contributed by atoms with van der Waals surface area (Å²) < 4.78 is 0. The van der Waals surface area contributed by atoms with Gasteiger partial charge >= 0.3 is 5.97 Å². The van der Waals surface area contributed by atoms with Gasteiger partial charge in [0.05, 0.1) is 11.3 Å². The standard InChI is InChI=1S/C16H23N3O2/c1-3-4-14-13(16(20)21)9-17-15(18-14)10-7-11-5-6-12(8-10)19(11)2/h9-12H,3-8H2,1-2H3,(H,20,21). The van der Waals surface area contributed by atoms with Gasteiger partial charge in [-0.3, -0.25) is 0 Å². The summed E-state index contributed by atoms with van der Waals surface area (Å²) in [6.45, 7) is 2.04. The Kier molecular flexibility index (Phi) is 3.93. The van der Waals surface area contributed by atoms with Crippen molar-refractivity contribution in [3.8, 4) is 0 Å². The Labute approximate surface area is 125 Å². The first kappa shape index (κ1) is 14.4. The maximum atomic E-state index is 11.3. The lowest BCUT2D eigenvalue weighted by Gasteiger charge is -2.35. The Morgan fingerprint density at radius 2 is 2.05 bits per heavy atom. The van der Waals surface area contributed by atoms with Gasteiger partial charge in [0, 0.05) is 24.2 Å². The van der Waals surface area contributed by atoms with Crippen molar-refractivity contribution in [2.75, 3.05) is 7.05 Å². The van der Waals surface area contributed by atoms with Crippen molar-refractivity contribution in [2.24, 2.45) is 0 Å². The summed E-state index contributed by atoms with van der Waals surface area (Å²) >= 11 is 0. The summed E-state index contributed by atoms with van der Waals surface area (Å²) in [6, 6.07) is 1.29. The molecule has 114 valence electrons. The largest absolute Gasteiger partial charge is 0.478 e. The molecule has 1 aromatic heterocycles. The molecule has 0 amide bonds. The van der Waals surface area contributed by atoms with Crippen LogP contribution < -0.4 is 0 Å². The molecule has 0 radical (unpaired) electrons. The Hall–Kier alpha value is -1.49. The van der Waals surface area contributed by atoms with Gasteiger partial charge in [0.1, 0.15) is 5.82 Å². The van der Waals surface area contributed by atoms with Gasteiger partial charge in [-0.25, -0.2) is 14.8 Å². The molecule has 0 spiro atoms. The van der Waals surface area contributed by atoms with Crippen LogP contribution in [0.3, 0.4) is 0 Å². The van der Waals surface area contributed by atoms with E-state index in [1.54, 1.807) is 0 Å². The first-order valence-electron chi connectivity index (χ1n) is 7.91. The lowest BCUT2D eigenvalue weighted by atomic mass is 9.90. The minimum atomic E-state index is -0.923. The van der Waals surface area contributed by atoms with Gasteiger partial charge in [-0.1, -0.05) is 13.3 Å². The smallest absolute Gasteiger partial charge is 0.339 e. The van der Waals surface area contributed by atoms with Crippen LogP contribution in [0.1, 0.15) is 66.8 Å². The lowest BCUT2D eigenvalue weighted by molar-refractivity contribution is 0.0694. The molecule has 3 rings (SSSR count). The van der Waals surface area contributed by atoms with E-state index in [0.717, 1.165) is 25.1 Å². The topological polar surface area (TPSA) is 66.3 Å². The second kappa shape index (κ2) is 5.72. The SMILES string of the molecule is CCCc1nc(C2CC3CCC(C2)N3C)ncc1C(=O)O. The fourth-order valence-corrected chi connectivity index (χ4v) is 3.86. The molecule has 1 aromatic rings. The predicted molar refractivity (Wildman–Crippen MR) is 79.5 cm³/mol. The predicted octanol–water partition coefficient (Wildman–Crippen LogP) is 2.47. The second-order valence-corrected chi connectivity index (χ2v) is 6.36. The van der Waals surface area contributed by atoms with Gasteiger partial charge in [-0.05, 0) is 39.2 Å². The number of aromatic carboxylic acids is 1. The molecule has 3 heterocycles. The first-order chi connectivity index (χ1) is 10.1. The van der Waals surface area contributed by atoms with Gasteiger partial charge in [-0.2, -0.15) is 0 Å². The Morgan fingerprint density at radius 3 is 2.62 bits per heavy atom. The molecule has 5 heteroatoms. The third kappa shape index (κ3) is 2.67. The third-order valence-corrected chi connectivity index (χ3v) is 5.07. The van der Waals surface area contributed by atoms with Gasteiger partial charge in [0.15, 0.2) is 0 Å². The fraction of sp³-hybridized carbons (Fsp3) is 0.688. The number of rotatable bonds is 4. The van der Waals surface area contributed by atoms with E-state index < -0.39 is 5.97 Å². The van der Waals surface area contributed by atoms with Crippen molar-refractivity contribution in [1.29, 1.82) is 0 Å². The zero-order valence-corrected chi connectivity index (χ0v) is 12.7. The Morgan fingerprint density at radius 1 is 1.38 bits per heavy atom. The molecule has 0 aromatic carbocycles. The van der Waals surface area contributed by atoms with E-state index in [2.05, 4.69) is 21.9 Å². The average molecular weight is 289 g/mol. The maximum Gasteiger partial charge on any atom is 0.339 e. The van der Waals surface area contributed by atoms with Crippen LogP contribution in [0.25, 0.3) is 0 Å². The number of carboxylic acids is 1. The molecule has 2 atom stereocenters. The molecule has 2 aliphatic rings. The van der Waals surface area contributed by atoms with Gasteiger partial charge in [-0.15, -0.1) is 0 Å². The highest BCUT2D eigenvalue weighted by Gasteiger charge is 2.39. The number of aryl methyl sites for hydroxylation is 1. The molecule has 5 nitrogen and oxygen atoms in total. The van der Waals surface area contributed by atoms with Crippen molar-refractivity contribution >= 4 is 5.97 Å². The summed E-state index contributed by atoms with van der Waals surface area (Å²) in [5, 5.41) is 9.24. The highest BCUT2D eigenvalue weighted by atomic mass is 16.4. The van der Waals surface area contributed by atoms with E-state index >= 15 is 0 Å². The number of piperidine rings is 1. The van der Waals surface area contributed by atoms with Crippen molar-refractivity contribution in [2.45, 2.75) is 63.5 Å². The molecule has 2 unspecified atom stereocenters. The highest BCUT2D eigenvalue weighted by molar-refractivity contribution is 5.88. The van der Waals surface area contributed by atoms with Crippen LogP contribution in [0.4, 0.5) is 0 Å². The van der Waals surface area contributed by atoms with E-state index in [1.807, 2.05) is 6.92 Å². The summed E-state index contributed by atoms with van der Waals surface area (Å²) in [5.74, 6) is 0.319. The van der Waals surface area contributed by atoms with Crippen LogP contribution in [0, 0.1) is 0 Å². The number of hydrogen-bond acceptors (Lipinski definition) is 4. The zero-order valence-electron chi connectivity index (χ0n) is 12.7. The molecular formula is C16H23N3O2. The number of carbonyl (C=O) groups is 1. The summed E-state index contributed by atoms with van der Waals surface area (Å²) in [7, 11) is 2.22. The van der Waals surface area contributed by atoms with E-state index in [4.69, 9.17) is 0 Å². The molecule has 1 N–H and O–H groups in total. The number of fused-ring (bicyclic) bond motifs is 2. The van der Waals surface area contributed by atoms with Gasteiger partial charge < -0.3 is 10.0 Å². The third-order valence-electron chi connectivity index (χ3n) is 5.07. The molecule has 21 heavy (non-hydrogen) atoms. The molecule has 0 saturated carbocycles. The van der Waals surface area contributed by atoms with Crippen LogP contribution in [0.15, 0.2) is 6.20 Å². The van der Waals surface area contributed by atoms with E-state index in [1.165, 1.54) is 19.0 Å². The average Bonchev–Trinajstić information content (AvgIpc) is 2.69. The van der Waals surface area contributed by atoms with Crippen LogP contribution in [-0.2, 0) is 6.42 Å². The monoisotopic (exact) mass is 289 g/mol.